The molecular weight excluding hydrogens is 852 g/mol. The number of hydrogen-bond donors (Lipinski definition) is 2. The first-order valence-electron chi connectivity index (χ1n) is 23.1. The Hall–Kier alpha value is -6.02. The Bertz CT molecular complexity index is 2250. The lowest BCUT2D eigenvalue weighted by Gasteiger charge is -2.48. The molecule has 4 saturated heterocycles. The van der Waals surface area contributed by atoms with Crippen LogP contribution in [0.1, 0.15) is 96.1 Å². The van der Waals surface area contributed by atoms with E-state index in [4.69, 9.17) is 5.26 Å². The number of aldehydes is 2. The molecule has 1 aromatic heterocycles. The van der Waals surface area contributed by atoms with E-state index in [0.717, 1.165) is 108 Å². The summed E-state index contributed by atoms with van der Waals surface area (Å²) in [6.45, 7) is 7.72. The maximum absolute atomic E-state index is 13.5. The summed E-state index contributed by atoms with van der Waals surface area (Å²) in [5, 5.41) is 14.6. The molecule has 14 nitrogen and oxygen atoms in total. The van der Waals surface area contributed by atoms with Gasteiger partial charge in [0.15, 0.2) is 6.29 Å². The molecule has 0 saturated carbocycles. The fraction of sp³-hybridized carbons (Fsp3) is 0.531. The minimum atomic E-state index is -4.63. The van der Waals surface area contributed by atoms with Crippen molar-refractivity contribution >= 4 is 53.2 Å². The van der Waals surface area contributed by atoms with E-state index in [-0.39, 0.29) is 41.7 Å². The van der Waals surface area contributed by atoms with Crippen LogP contribution in [0.4, 0.5) is 36.1 Å². The van der Waals surface area contributed by atoms with Crippen LogP contribution in [0.5, 0.6) is 0 Å². The Labute approximate surface area is 384 Å². The molecule has 0 bridgehead atoms. The first-order chi connectivity index (χ1) is 31.7. The molecule has 66 heavy (non-hydrogen) atoms. The van der Waals surface area contributed by atoms with E-state index in [1.165, 1.54) is 31.1 Å². The molecular formula is C49H60F3N9O5. The molecule has 5 heterocycles. The van der Waals surface area contributed by atoms with Gasteiger partial charge in [0.25, 0.3) is 5.91 Å². The molecule has 352 valence electrons. The average Bonchev–Trinajstić information content (AvgIpc) is 3.34. The van der Waals surface area contributed by atoms with Gasteiger partial charge in [-0.3, -0.25) is 19.2 Å². The van der Waals surface area contributed by atoms with Crippen molar-refractivity contribution in [3.8, 4) is 6.07 Å². The zero-order valence-corrected chi connectivity index (χ0v) is 37.8. The number of likely N-dealkylation sites (tertiary alicyclic amines) is 1. The highest BCUT2D eigenvalue weighted by Gasteiger charge is 2.39. The van der Waals surface area contributed by atoms with E-state index in [1.807, 2.05) is 23.1 Å². The van der Waals surface area contributed by atoms with Crippen molar-refractivity contribution in [3.05, 3.63) is 77.0 Å². The van der Waals surface area contributed by atoms with Crippen molar-refractivity contribution in [1.29, 1.82) is 5.26 Å². The third-order valence-electron chi connectivity index (χ3n) is 14.5. The molecule has 1 spiro atoms. The van der Waals surface area contributed by atoms with E-state index in [0.29, 0.717) is 55.1 Å². The summed E-state index contributed by atoms with van der Waals surface area (Å²) < 4.78 is 40.5. The molecule has 17 heteroatoms. The van der Waals surface area contributed by atoms with Gasteiger partial charge < -0.3 is 39.9 Å². The molecule has 1 unspecified atom stereocenters. The fourth-order valence-electron chi connectivity index (χ4n) is 10.3. The lowest BCUT2D eigenvalue weighted by molar-refractivity contribution is -0.137. The average molecular weight is 912 g/mol. The molecule has 7 rings (SSSR count). The number of nitrogens with one attached hydrogen (secondary N) is 2. The van der Waals surface area contributed by atoms with Gasteiger partial charge in [-0.1, -0.05) is 0 Å². The number of carbonyl (C=O) groups excluding carboxylic acids is 5. The second-order valence-electron chi connectivity index (χ2n) is 18.4. The summed E-state index contributed by atoms with van der Waals surface area (Å²) in [7, 11) is 3.00. The van der Waals surface area contributed by atoms with Gasteiger partial charge in [0.05, 0.1) is 34.6 Å². The van der Waals surface area contributed by atoms with Crippen LogP contribution in [-0.2, 0) is 20.6 Å². The van der Waals surface area contributed by atoms with Crippen molar-refractivity contribution in [2.24, 2.45) is 17.3 Å². The minimum Gasteiger partial charge on any atom is -0.371 e. The highest BCUT2D eigenvalue weighted by atomic mass is 19.4. The molecule has 4 aliphatic rings. The summed E-state index contributed by atoms with van der Waals surface area (Å²) in [6, 6.07) is 13.7. The zero-order chi connectivity index (χ0) is 47.0. The van der Waals surface area contributed by atoms with Crippen LogP contribution in [0.2, 0.25) is 0 Å². The number of amides is 3. The number of carbonyl (C=O) groups is 5. The van der Waals surface area contributed by atoms with Crippen molar-refractivity contribution in [2.45, 2.75) is 76.4 Å². The standard InChI is InChI=1S/C49H60F3N9O5/c1-54-46(65)43(4-3-27-62)57(2)47(66)41-9-7-38(28-37(41)33-63)61-25-17-48(18-26-61)15-23-58(24-16-48)32-34-11-19-60(20-12-34)40-8-10-44(55-31-40)56-45(64)35-13-21-59(22-14-35)39-6-5-36(30-53)42(29-39)49(50,51)52/h5-10,27-29,31,33-35,43H,3-4,11-26,32H2,1-2H3,(H,54,65)(H,55,56,64). The highest BCUT2D eigenvalue weighted by molar-refractivity contribution is 6.03. The first kappa shape index (κ1) is 47.9. The van der Waals surface area contributed by atoms with E-state index in [9.17, 15) is 37.1 Å². The van der Waals surface area contributed by atoms with Crippen LogP contribution in [0.3, 0.4) is 0 Å². The quantitative estimate of drug-likeness (QED) is 0.172. The number of anilines is 4. The van der Waals surface area contributed by atoms with Gasteiger partial charge in [0.2, 0.25) is 11.8 Å². The van der Waals surface area contributed by atoms with Crippen molar-refractivity contribution in [1.82, 2.24) is 20.1 Å². The molecule has 4 aliphatic heterocycles. The fourth-order valence-corrected chi connectivity index (χ4v) is 10.3. The topological polar surface area (TPSA) is 162 Å². The van der Waals surface area contributed by atoms with Crippen molar-refractivity contribution in [3.63, 3.8) is 0 Å². The maximum atomic E-state index is 13.5. The highest BCUT2D eigenvalue weighted by Crippen LogP contribution is 2.43. The van der Waals surface area contributed by atoms with Crippen LogP contribution >= 0.6 is 0 Å². The van der Waals surface area contributed by atoms with Gasteiger partial charge in [-0.2, -0.15) is 18.4 Å². The van der Waals surface area contributed by atoms with Gasteiger partial charge in [0.1, 0.15) is 18.1 Å². The Morgan fingerprint density at radius 3 is 2.08 bits per heavy atom. The number of benzene rings is 2. The number of hydrogen-bond acceptors (Lipinski definition) is 11. The number of nitriles is 1. The molecule has 1 atom stereocenters. The number of alkyl halides is 3. The first-order valence-corrected chi connectivity index (χ1v) is 23.1. The number of piperidine rings is 4. The Morgan fingerprint density at radius 2 is 1.47 bits per heavy atom. The van der Waals surface area contributed by atoms with Crippen molar-refractivity contribution in [2.75, 3.05) is 93.0 Å². The van der Waals surface area contributed by atoms with Gasteiger partial charge >= 0.3 is 6.18 Å². The van der Waals surface area contributed by atoms with Crippen LogP contribution < -0.4 is 25.3 Å². The number of aromatic nitrogens is 1. The minimum absolute atomic E-state index is 0.134. The SMILES string of the molecule is CNC(=O)C(CCC=O)N(C)C(=O)c1ccc(N2CCC3(CCN(CC4CCN(c5ccc(NC(=O)C6CCN(c7ccc(C#N)c(C(F)(F)F)c7)CC6)nc5)CC4)CC3)CC2)cc1C=O. The Morgan fingerprint density at radius 1 is 0.864 bits per heavy atom. The molecule has 4 fully saturated rings. The number of likely N-dealkylation sites (N-methyl/N-ethyl adjacent to an activating group) is 2. The number of nitrogens with zero attached hydrogens (tertiary/aromatic N) is 7. The smallest absolute Gasteiger partial charge is 0.371 e. The summed E-state index contributed by atoms with van der Waals surface area (Å²) in [4.78, 5) is 77.2. The lowest BCUT2D eigenvalue weighted by atomic mass is 9.71. The number of halogens is 3. The number of pyridine rings is 1. The van der Waals surface area contributed by atoms with E-state index >= 15 is 0 Å². The Kier molecular flexibility index (Phi) is 15.3. The van der Waals surface area contributed by atoms with E-state index in [2.05, 4.69) is 30.3 Å². The number of rotatable bonds is 14. The molecule has 2 aromatic carbocycles. The van der Waals surface area contributed by atoms with Crippen molar-refractivity contribution < 1.29 is 37.1 Å². The molecule has 0 aliphatic carbocycles. The summed E-state index contributed by atoms with van der Waals surface area (Å²) in [5.74, 6) is -0.165. The summed E-state index contributed by atoms with van der Waals surface area (Å²) >= 11 is 0. The summed E-state index contributed by atoms with van der Waals surface area (Å²) in [6.07, 6.45) is 6.53. The second kappa shape index (κ2) is 21.1. The lowest BCUT2D eigenvalue weighted by Crippen LogP contribution is -2.48. The Balaban J connectivity index is 0.815. The van der Waals surface area contributed by atoms with E-state index < -0.39 is 29.3 Å². The largest absolute Gasteiger partial charge is 0.417 e. The molecule has 2 N–H and O–H groups in total. The second-order valence-corrected chi connectivity index (χ2v) is 18.4. The molecule has 0 radical (unpaired) electrons. The molecule has 3 aromatic rings. The third-order valence-corrected chi connectivity index (χ3v) is 14.5. The van der Waals surface area contributed by atoms with Crippen LogP contribution in [-0.4, -0.2) is 124 Å². The van der Waals surface area contributed by atoms with Gasteiger partial charge in [-0.15, -0.1) is 0 Å². The van der Waals surface area contributed by atoms with Gasteiger partial charge in [-0.05, 0) is 131 Å². The van der Waals surface area contributed by atoms with Gasteiger partial charge in [-0.25, -0.2) is 4.98 Å². The van der Waals surface area contributed by atoms with E-state index in [1.54, 1.807) is 24.4 Å². The predicted molar refractivity (Wildman–Crippen MR) is 246 cm³/mol. The predicted octanol–water partition coefficient (Wildman–Crippen LogP) is 6.40. The van der Waals surface area contributed by atoms with Crippen LogP contribution in [0.25, 0.3) is 0 Å². The van der Waals surface area contributed by atoms with Crippen LogP contribution in [0.15, 0.2) is 54.7 Å². The zero-order valence-electron chi connectivity index (χ0n) is 37.8. The summed E-state index contributed by atoms with van der Waals surface area (Å²) in [5.41, 5.74) is 1.76. The molecule has 3 amide bonds. The third kappa shape index (κ3) is 11.1. The monoisotopic (exact) mass is 911 g/mol. The normalized spacial score (nSPS) is 18.9. The maximum Gasteiger partial charge on any atom is 0.417 e. The van der Waals surface area contributed by atoms with Crippen LogP contribution in [0, 0.1) is 28.6 Å². The van der Waals surface area contributed by atoms with Gasteiger partial charge in [0, 0.05) is 89.2 Å².